The van der Waals surface area contributed by atoms with Crippen molar-refractivity contribution in [1.82, 2.24) is 10.2 Å². The quantitative estimate of drug-likeness (QED) is 0.409. The van der Waals surface area contributed by atoms with Crippen LogP contribution in [0.25, 0.3) is 0 Å². The van der Waals surface area contributed by atoms with Crippen molar-refractivity contribution < 1.29 is 14.3 Å². The van der Waals surface area contributed by atoms with Crippen molar-refractivity contribution in [1.29, 1.82) is 0 Å². The molecule has 0 heterocycles. The summed E-state index contributed by atoms with van der Waals surface area (Å²) in [4.78, 5) is 27.2. The summed E-state index contributed by atoms with van der Waals surface area (Å²) in [5.41, 5.74) is 0.743. The Hall–Kier alpha value is -1.47. The minimum Gasteiger partial charge on any atom is -0.482 e. The molecule has 0 saturated carbocycles. The molecule has 2 atom stereocenters. The fourth-order valence-corrected chi connectivity index (χ4v) is 3.75. The van der Waals surface area contributed by atoms with Gasteiger partial charge in [-0.2, -0.15) is 0 Å². The molecule has 0 bridgehead atoms. The summed E-state index contributed by atoms with van der Waals surface area (Å²) < 4.78 is 6.42. The van der Waals surface area contributed by atoms with Crippen LogP contribution < -0.4 is 10.1 Å². The monoisotopic (exact) mass is 548 g/mol. The van der Waals surface area contributed by atoms with E-state index in [-0.39, 0.29) is 31.0 Å². The van der Waals surface area contributed by atoms with Crippen LogP contribution in [0.1, 0.15) is 32.8 Å². The predicted molar refractivity (Wildman–Crippen MR) is 129 cm³/mol. The van der Waals surface area contributed by atoms with Crippen LogP contribution in [0.3, 0.4) is 0 Å². The average molecular weight is 551 g/mol. The number of carbonyl (C=O) groups is 2. The molecule has 1 N–H and O–H groups in total. The van der Waals surface area contributed by atoms with Gasteiger partial charge in [0.1, 0.15) is 11.8 Å². The number of rotatable bonds is 9. The van der Waals surface area contributed by atoms with Crippen LogP contribution in [0.2, 0.25) is 15.1 Å². The third kappa shape index (κ3) is 7.56. The Morgan fingerprint density at radius 2 is 1.77 bits per heavy atom. The summed E-state index contributed by atoms with van der Waals surface area (Å²) in [6.07, 6.45) is 0.782. The summed E-state index contributed by atoms with van der Waals surface area (Å²) in [7, 11) is 0. The molecule has 2 rings (SSSR count). The summed E-state index contributed by atoms with van der Waals surface area (Å²) in [6, 6.07) is 9.48. The number of ether oxygens (including phenoxy) is 1. The second-order valence-corrected chi connectivity index (χ2v) is 9.26. The predicted octanol–water partition coefficient (Wildman–Crippen LogP) is 6.12. The van der Waals surface area contributed by atoms with Crippen LogP contribution in [0.4, 0.5) is 0 Å². The Labute approximate surface area is 206 Å². The normalized spacial score (nSPS) is 12.7. The van der Waals surface area contributed by atoms with Gasteiger partial charge in [0.2, 0.25) is 5.91 Å². The molecule has 0 aromatic heterocycles. The van der Waals surface area contributed by atoms with Crippen molar-refractivity contribution in [2.24, 2.45) is 0 Å². The van der Waals surface area contributed by atoms with Gasteiger partial charge in [-0.25, -0.2) is 0 Å². The maximum Gasteiger partial charge on any atom is 0.261 e. The van der Waals surface area contributed by atoms with Gasteiger partial charge >= 0.3 is 0 Å². The Morgan fingerprint density at radius 1 is 1.06 bits per heavy atom. The van der Waals surface area contributed by atoms with Crippen molar-refractivity contribution in [3.05, 3.63) is 61.5 Å². The van der Waals surface area contributed by atoms with E-state index < -0.39 is 6.04 Å². The lowest BCUT2D eigenvalue weighted by Crippen LogP contribution is -2.50. The Morgan fingerprint density at radius 3 is 2.39 bits per heavy atom. The molecule has 31 heavy (non-hydrogen) atoms. The molecule has 0 aliphatic carbocycles. The molecule has 168 valence electrons. The zero-order chi connectivity index (χ0) is 23.1. The lowest BCUT2D eigenvalue weighted by Gasteiger charge is -2.29. The SMILES string of the molecule is CCC(C)NC(=O)C(C)N(Cc1ccc(Cl)c(Cl)c1)C(=O)COc1ccc(Br)cc1Cl. The first-order chi connectivity index (χ1) is 14.6. The maximum atomic E-state index is 13.1. The largest absolute Gasteiger partial charge is 0.482 e. The smallest absolute Gasteiger partial charge is 0.261 e. The third-order valence-electron chi connectivity index (χ3n) is 4.75. The minimum absolute atomic E-state index is 0.00491. The van der Waals surface area contributed by atoms with E-state index in [4.69, 9.17) is 39.5 Å². The Bertz CT molecular complexity index is 942. The summed E-state index contributed by atoms with van der Waals surface area (Å²) in [5, 5.41) is 4.08. The van der Waals surface area contributed by atoms with Crippen LogP contribution in [-0.4, -0.2) is 35.4 Å². The van der Waals surface area contributed by atoms with Crippen molar-refractivity contribution in [3.63, 3.8) is 0 Å². The molecule has 5 nitrogen and oxygen atoms in total. The second-order valence-electron chi connectivity index (χ2n) is 7.13. The number of benzene rings is 2. The van der Waals surface area contributed by atoms with Crippen molar-refractivity contribution in [2.75, 3.05) is 6.61 Å². The highest BCUT2D eigenvalue weighted by atomic mass is 79.9. The number of carbonyl (C=O) groups excluding carboxylic acids is 2. The first-order valence-electron chi connectivity index (χ1n) is 9.74. The van der Waals surface area contributed by atoms with E-state index in [2.05, 4.69) is 21.2 Å². The lowest BCUT2D eigenvalue weighted by atomic mass is 10.1. The van der Waals surface area contributed by atoms with Crippen LogP contribution in [-0.2, 0) is 16.1 Å². The minimum atomic E-state index is -0.722. The topological polar surface area (TPSA) is 58.6 Å². The van der Waals surface area contributed by atoms with Gasteiger partial charge in [0.15, 0.2) is 6.61 Å². The first kappa shape index (κ1) is 25.8. The Kier molecular flexibility index (Phi) is 9.94. The van der Waals surface area contributed by atoms with Crippen LogP contribution in [0.15, 0.2) is 40.9 Å². The fraction of sp³-hybridized carbons (Fsp3) is 0.364. The number of nitrogens with one attached hydrogen (secondary N) is 1. The third-order valence-corrected chi connectivity index (χ3v) is 6.28. The second kappa shape index (κ2) is 12.0. The molecule has 0 aliphatic rings. The van der Waals surface area contributed by atoms with E-state index in [1.54, 1.807) is 43.3 Å². The zero-order valence-corrected chi connectivity index (χ0v) is 21.3. The molecule has 0 aliphatic heterocycles. The van der Waals surface area contributed by atoms with Gasteiger partial charge in [0.25, 0.3) is 5.91 Å². The van der Waals surface area contributed by atoms with Gasteiger partial charge in [-0.05, 0) is 56.2 Å². The molecule has 2 unspecified atom stereocenters. The van der Waals surface area contributed by atoms with E-state index in [0.717, 1.165) is 16.5 Å². The van der Waals surface area contributed by atoms with Gasteiger partial charge in [-0.15, -0.1) is 0 Å². The highest BCUT2D eigenvalue weighted by molar-refractivity contribution is 9.10. The lowest BCUT2D eigenvalue weighted by molar-refractivity contribution is -0.142. The molecule has 0 saturated heterocycles. The standard InChI is InChI=1S/C22H24BrCl3N2O3/c1-4-13(2)27-22(30)14(3)28(11-15-5-7-17(24)18(25)9-15)21(29)12-31-20-8-6-16(23)10-19(20)26/h5-10,13-14H,4,11-12H2,1-3H3,(H,27,30). The maximum absolute atomic E-state index is 13.1. The number of hydrogen-bond acceptors (Lipinski definition) is 3. The van der Waals surface area contributed by atoms with E-state index in [0.29, 0.717) is 20.8 Å². The number of amides is 2. The van der Waals surface area contributed by atoms with Gasteiger partial charge in [0, 0.05) is 17.1 Å². The number of nitrogens with zero attached hydrogens (tertiary/aromatic N) is 1. The fourth-order valence-electron chi connectivity index (χ4n) is 2.70. The van der Waals surface area contributed by atoms with Crippen LogP contribution >= 0.6 is 50.7 Å². The van der Waals surface area contributed by atoms with Gasteiger partial charge in [-0.1, -0.05) is 63.7 Å². The van der Waals surface area contributed by atoms with Gasteiger partial charge in [0.05, 0.1) is 15.1 Å². The number of hydrogen-bond donors (Lipinski definition) is 1. The molecule has 9 heteroatoms. The van der Waals surface area contributed by atoms with Crippen LogP contribution in [0.5, 0.6) is 5.75 Å². The highest BCUT2D eigenvalue weighted by Gasteiger charge is 2.27. The molecule has 2 aromatic rings. The van der Waals surface area contributed by atoms with Gasteiger partial charge in [-0.3, -0.25) is 9.59 Å². The molecule has 0 fully saturated rings. The van der Waals surface area contributed by atoms with E-state index in [9.17, 15) is 9.59 Å². The number of halogens is 4. The average Bonchev–Trinajstić information content (AvgIpc) is 2.72. The van der Waals surface area contributed by atoms with Crippen molar-refractivity contribution in [2.45, 2.75) is 45.8 Å². The van der Waals surface area contributed by atoms with Gasteiger partial charge < -0.3 is 15.0 Å². The van der Waals surface area contributed by atoms with E-state index in [1.165, 1.54) is 4.90 Å². The molecular weight excluding hydrogens is 527 g/mol. The molecule has 0 radical (unpaired) electrons. The van der Waals surface area contributed by atoms with Crippen molar-refractivity contribution in [3.8, 4) is 5.75 Å². The molecular formula is C22H24BrCl3N2O3. The van der Waals surface area contributed by atoms with Crippen molar-refractivity contribution >= 4 is 62.5 Å². The molecule has 2 aromatic carbocycles. The molecule has 0 spiro atoms. The van der Waals surface area contributed by atoms with E-state index >= 15 is 0 Å². The Balaban J connectivity index is 2.20. The molecule has 2 amide bonds. The van der Waals surface area contributed by atoms with Crippen LogP contribution in [0, 0.1) is 0 Å². The zero-order valence-electron chi connectivity index (χ0n) is 17.4. The highest BCUT2D eigenvalue weighted by Crippen LogP contribution is 2.28. The summed E-state index contributed by atoms with van der Waals surface area (Å²) in [5.74, 6) is -0.231. The summed E-state index contributed by atoms with van der Waals surface area (Å²) >= 11 is 21.6. The summed E-state index contributed by atoms with van der Waals surface area (Å²) in [6.45, 7) is 5.46. The van der Waals surface area contributed by atoms with E-state index in [1.807, 2.05) is 13.8 Å². The first-order valence-corrected chi connectivity index (χ1v) is 11.7.